The van der Waals surface area contributed by atoms with Gasteiger partial charge in [-0.25, -0.2) is 0 Å². The van der Waals surface area contributed by atoms with Crippen LogP contribution in [0, 0.1) is 11.8 Å². The molecule has 28 heavy (non-hydrogen) atoms. The van der Waals surface area contributed by atoms with Crippen LogP contribution in [-0.4, -0.2) is 25.0 Å². The molecule has 2 unspecified atom stereocenters. The number of rotatable bonds is 4. The molecule has 3 aliphatic carbocycles. The highest BCUT2D eigenvalue weighted by Gasteiger charge is 2.47. The fourth-order valence-electron chi connectivity index (χ4n) is 5.90. The first kappa shape index (κ1) is 18.3. The molecule has 0 aliphatic heterocycles. The first-order chi connectivity index (χ1) is 13.8. The van der Waals surface area contributed by atoms with E-state index in [0.29, 0.717) is 6.04 Å². The molecular formula is C26H30NP. The van der Waals surface area contributed by atoms with Gasteiger partial charge < -0.3 is 4.90 Å². The van der Waals surface area contributed by atoms with Gasteiger partial charge in [0.05, 0.1) is 0 Å². The number of hydrogen-bond donors (Lipinski definition) is 0. The van der Waals surface area contributed by atoms with Crippen molar-refractivity contribution in [2.45, 2.75) is 38.1 Å². The van der Waals surface area contributed by atoms with Crippen molar-refractivity contribution >= 4 is 18.5 Å². The molecule has 0 aromatic heterocycles. The maximum absolute atomic E-state index is 2.59. The largest absolute Gasteiger partial charge is 0.302 e. The highest BCUT2D eigenvalue weighted by Crippen LogP contribution is 2.60. The summed E-state index contributed by atoms with van der Waals surface area (Å²) in [7, 11) is 4.12. The van der Waals surface area contributed by atoms with Gasteiger partial charge in [0.2, 0.25) is 0 Å². The van der Waals surface area contributed by atoms with Gasteiger partial charge in [-0.05, 0) is 74.6 Å². The molecule has 0 amide bonds. The molecule has 2 aromatic rings. The Morgan fingerprint density at radius 3 is 2.04 bits per heavy atom. The molecule has 0 radical (unpaired) electrons. The lowest BCUT2D eigenvalue weighted by molar-refractivity contribution is 0.180. The quantitative estimate of drug-likeness (QED) is 0.630. The molecule has 0 saturated heterocycles. The predicted molar refractivity (Wildman–Crippen MR) is 122 cm³/mol. The van der Waals surface area contributed by atoms with Gasteiger partial charge in [0, 0.05) is 6.04 Å². The molecule has 1 saturated carbocycles. The van der Waals surface area contributed by atoms with Crippen LogP contribution in [-0.2, 0) is 0 Å². The Kier molecular flexibility index (Phi) is 4.99. The zero-order valence-corrected chi connectivity index (χ0v) is 17.9. The van der Waals surface area contributed by atoms with Crippen molar-refractivity contribution < 1.29 is 0 Å². The van der Waals surface area contributed by atoms with E-state index in [9.17, 15) is 0 Å². The van der Waals surface area contributed by atoms with E-state index in [1.165, 1.54) is 42.7 Å². The summed E-state index contributed by atoms with van der Waals surface area (Å²) in [5.74, 6) is 1.66. The van der Waals surface area contributed by atoms with Gasteiger partial charge in [-0.15, -0.1) is 0 Å². The number of fused-ring (bicyclic) bond motifs is 2. The van der Waals surface area contributed by atoms with Crippen LogP contribution >= 0.6 is 7.92 Å². The van der Waals surface area contributed by atoms with Gasteiger partial charge in [0.25, 0.3) is 0 Å². The standard InChI is InChI=1S/C26H30NP/c1-27(2)26-23-16-10-9-15-21(23)22-17-18-24(25(22)26)28(19-11-5-3-6-12-19)20-13-7-4-8-14-20/h3-8,11-14,18,21,23,26H,9-10,15-17H2,1-2H3/t21?,23?,26-/m1/s1. The van der Waals surface area contributed by atoms with Crippen LogP contribution in [0.15, 0.2) is 83.2 Å². The Morgan fingerprint density at radius 1 is 0.821 bits per heavy atom. The van der Waals surface area contributed by atoms with Crippen molar-refractivity contribution in [1.29, 1.82) is 0 Å². The molecular weight excluding hydrogens is 357 g/mol. The minimum atomic E-state index is -0.486. The van der Waals surface area contributed by atoms with Gasteiger partial charge >= 0.3 is 0 Å². The minimum Gasteiger partial charge on any atom is -0.302 e. The van der Waals surface area contributed by atoms with Gasteiger partial charge in [-0.1, -0.05) is 85.2 Å². The third-order valence-corrected chi connectivity index (χ3v) is 9.47. The number of nitrogens with zero attached hydrogens (tertiary/aromatic N) is 1. The van der Waals surface area contributed by atoms with E-state index in [1.54, 1.807) is 16.5 Å². The molecule has 0 heterocycles. The van der Waals surface area contributed by atoms with Crippen molar-refractivity contribution in [2.75, 3.05) is 14.1 Å². The predicted octanol–water partition coefficient (Wildman–Crippen LogP) is 5.45. The average Bonchev–Trinajstić information content (AvgIpc) is 3.28. The van der Waals surface area contributed by atoms with Gasteiger partial charge in [-0.2, -0.15) is 0 Å². The molecule has 2 aromatic carbocycles. The second-order valence-electron chi connectivity index (χ2n) is 8.70. The van der Waals surface area contributed by atoms with E-state index in [2.05, 4.69) is 85.7 Å². The molecule has 144 valence electrons. The van der Waals surface area contributed by atoms with Crippen LogP contribution in [0.3, 0.4) is 0 Å². The Balaban J connectivity index is 1.62. The Labute approximate surface area is 170 Å². The van der Waals surface area contributed by atoms with Crippen molar-refractivity contribution in [2.24, 2.45) is 11.8 Å². The summed E-state index contributed by atoms with van der Waals surface area (Å²) in [5.41, 5.74) is 3.51. The van der Waals surface area contributed by atoms with Crippen LogP contribution in [0.1, 0.15) is 32.1 Å². The molecule has 3 atom stereocenters. The van der Waals surface area contributed by atoms with Crippen molar-refractivity contribution in [3.05, 3.63) is 83.2 Å². The SMILES string of the molecule is CN(C)[C@H]1C2=C(CC=C2P(c2ccccc2)c2ccccc2)C2CCCCC21. The fraction of sp³-hybridized carbons (Fsp3) is 0.385. The smallest absolute Gasteiger partial charge is 0.0382 e. The van der Waals surface area contributed by atoms with Crippen LogP contribution in [0.5, 0.6) is 0 Å². The van der Waals surface area contributed by atoms with E-state index in [-0.39, 0.29) is 0 Å². The van der Waals surface area contributed by atoms with E-state index < -0.39 is 7.92 Å². The molecule has 5 rings (SSSR count). The molecule has 3 aliphatic rings. The lowest BCUT2D eigenvalue weighted by atomic mass is 9.76. The van der Waals surface area contributed by atoms with Crippen LogP contribution in [0.25, 0.3) is 0 Å². The zero-order valence-electron chi connectivity index (χ0n) is 17.0. The topological polar surface area (TPSA) is 3.24 Å². The molecule has 1 nitrogen and oxygen atoms in total. The van der Waals surface area contributed by atoms with Gasteiger partial charge in [0.1, 0.15) is 0 Å². The monoisotopic (exact) mass is 387 g/mol. The summed E-state index contributed by atoms with van der Waals surface area (Å²) in [6.45, 7) is 0. The number of benzene rings is 2. The third kappa shape index (κ3) is 3.00. The Morgan fingerprint density at radius 2 is 1.43 bits per heavy atom. The van der Waals surface area contributed by atoms with E-state index >= 15 is 0 Å². The van der Waals surface area contributed by atoms with Crippen molar-refractivity contribution in [3.63, 3.8) is 0 Å². The number of likely N-dealkylation sites (N-methyl/N-ethyl adjacent to an activating group) is 1. The summed E-state index contributed by atoms with van der Waals surface area (Å²) < 4.78 is 0. The van der Waals surface area contributed by atoms with Gasteiger partial charge in [-0.3, -0.25) is 0 Å². The highest BCUT2D eigenvalue weighted by molar-refractivity contribution is 7.77. The summed E-state index contributed by atoms with van der Waals surface area (Å²) in [6, 6.07) is 23.1. The van der Waals surface area contributed by atoms with Crippen molar-refractivity contribution in [1.82, 2.24) is 4.90 Å². The van der Waals surface area contributed by atoms with Crippen LogP contribution in [0.2, 0.25) is 0 Å². The number of hydrogen-bond acceptors (Lipinski definition) is 1. The summed E-state index contributed by atoms with van der Waals surface area (Å²) >= 11 is 0. The Hall–Kier alpha value is -1.69. The highest BCUT2D eigenvalue weighted by atomic mass is 31.1. The molecule has 0 spiro atoms. The fourth-order valence-corrected chi connectivity index (χ4v) is 8.49. The normalized spacial score (nSPS) is 26.6. The first-order valence-corrected chi connectivity index (χ1v) is 12.1. The second kappa shape index (κ2) is 7.62. The maximum atomic E-state index is 2.59. The molecule has 2 heteroatoms. The molecule has 0 N–H and O–H groups in total. The third-order valence-electron chi connectivity index (χ3n) is 6.93. The zero-order chi connectivity index (χ0) is 19.1. The molecule has 0 bridgehead atoms. The summed E-state index contributed by atoms with van der Waals surface area (Å²) in [5, 5.41) is 4.61. The van der Waals surface area contributed by atoms with Crippen LogP contribution < -0.4 is 10.6 Å². The second-order valence-corrected chi connectivity index (χ2v) is 10.9. The van der Waals surface area contributed by atoms with E-state index in [4.69, 9.17) is 0 Å². The van der Waals surface area contributed by atoms with Gasteiger partial charge in [0.15, 0.2) is 0 Å². The Bertz CT molecular complexity index is 857. The maximum Gasteiger partial charge on any atom is 0.0382 e. The number of allylic oxidation sites excluding steroid dienone is 2. The first-order valence-electron chi connectivity index (χ1n) is 10.8. The average molecular weight is 388 g/mol. The lowest BCUT2D eigenvalue weighted by Crippen LogP contribution is -2.38. The van der Waals surface area contributed by atoms with E-state index in [1.807, 2.05) is 0 Å². The van der Waals surface area contributed by atoms with E-state index in [0.717, 1.165) is 11.8 Å². The lowest BCUT2D eigenvalue weighted by Gasteiger charge is -2.36. The summed E-state index contributed by atoms with van der Waals surface area (Å²) in [6.07, 6.45) is 9.43. The minimum absolute atomic E-state index is 0.486. The van der Waals surface area contributed by atoms with Crippen molar-refractivity contribution in [3.8, 4) is 0 Å². The van der Waals surface area contributed by atoms with Crippen LogP contribution in [0.4, 0.5) is 0 Å². The summed E-state index contributed by atoms with van der Waals surface area (Å²) in [4.78, 5) is 2.52. The molecule has 1 fully saturated rings.